The fourth-order valence-corrected chi connectivity index (χ4v) is 4.40. The zero-order chi connectivity index (χ0) is 22.9. The van der Waals surface area contributed by atoms with Crippen LogP contribution in [0.25, 0.3) is 5.65 Å². The maximum atomic E-state index is 13.0. The van der Waals surface area contributed by atoms with E-state index in [1.54, 1.807) is 24.3 Å². The number of aliphatic hydroxyl groups excluding tert-OH is 1. The van der Waals surface area contributed by atoms with Gasteiger partial charge in [0.25, 0.3) is 0 Å². The molecule has 7 nitrogen and oxygen atoms in total. The van der Waals surface area contributed by atoms with E-state index in [1.165, 1.54) is 7.11 Å². The van der Waals surface area contributed by atoms with Gasteiger partial charge in [0.15, 0.2) is 17.5 Å². The fraction of sp³-hybridized carbons (Fsp3) is 0.231. The number of hydrogen-bond donors (Lipinski definition) is 1. The number of para-hydroxylation sites is 1. The van der Waals surface area contributed by atoms with Gasteiger partial charge in [0, 0.05) is 12.6 Å². The summed E-state index contributed by atoms with van der Waals surface area (Å²) >= 11 is 0. The number of aromatic nitrogens is 2. The van der Waals surface area contributed by atoms with E-state index in [1.807, 2.05) is 53.9 Å². The first-order valence-electron chi connectivity index (χ1n) is 10.8. The van der Waals surface area contributed by atoms with Crippen molar-refractivity contribution in [3.05, 3.63) is 94.9 Å². The number of carbonyl (C=O) groups excluding carboxylic acids is 1. The lowest BCUT2D eigenvalue weighted by Gasteiger charge is -2.23. The normalized spacial score (nSPS) is 17.1. The predicted molar refractivity (Wildman–Crippen MR) is 122 cm³/mol. The zero-order valence-corrected chi connectivity index (χ0v) is 18.4. The molecule has 0 spiro atoms. The van der Waals surface area contributed by atoms with Crippen LogP contribution < -0.4 is 9.47 Å². The summed E-state index contributed by atoms with van der Waals surface area (Å²) in [6.45, 7) is 1.73. The molecule has 1 N–H and O–H groups in total. The molecule has 2 aromatic heterocycles. The van der Waals surface area contributed by atoms with Crippen LogP contribution in [0.2, 0.25) is 0 Å². The van der Waals surface area contributed by atoms with Gasteiger partial charge in [-0.1, -0.05) is 36.4 Å². The molecule has 2 unspecified atom stereocenters. The van der Waals surface area contributed by atoms with Crippen LogP contribution in [0.5, 0.6) is 11.5 Å². The van der Waals surface area contributed by atoms with Gasteiger partial charge in [0.1, 0.15) is 17.4 Å². The number of methoxy groups -OCH3 is 1. The van der Waals surface area contributed by atoms with Crippen LogP contribution in [-0.4, -0.2) is 33.7 Å². The molecule has 2 atom stereocenters. The van der Waals surface area contributed by atoms with E-state index in [2.05, 4.69) is 4.98 Å². The molecule has 5 rings (SSSR count). The number of nitrogens with zero attached hydrogens (tertiary/aromatic N) is 2. The molecule has 0 saturated heterocycles. The predicted octanol–water partition coefficient (Wildman–Crippen LogP) is 4.05. The maximum absolute atomic E-state index is 13.0. The van der Waals surface area contributed by atoms with E-state index < -0.39 is 18.2 Å². The molecule has 0 saturated carbocycles. The summed E-state index contributed by atoms with van der Waals surface area (Å²) in [6, 6.07) is 18.6. The maximum Gasteiger partial charge on any atom is 0.342 e. The fourth-order valence-electron chi connectivity index (χ4n) is 4.40. The molecule has 0 aliphatic heterocycles. The third kappa shape index (κ3) is 3.70. The summed E-state index contributed by atoms with van der Waals surface area (Å²) in [5.41, 5.74) is 4.47. The molecule has 168 valence electrons. The summed E-state index contributed by atoms with van der Waals surface area (Å²) in [4.78, 5) is 17.6. The number of ether oxygens (including phenoxy) is 3. The first kappa shape index (κ1) is 21.0. The van der Waals surface area contributed by atoms with E-state index in [4.69, 9.17) is 14.2 Å². The van der Waals surface area contributed by atoms with Crippen molar-refractivity contribution in [2.24, 2.45) is 0 Å². The molecule has 0 fully saturated rings. The van der Waals surface area contributed by atoms with Crippen molar-refractivity contribution in [2.45, 2.75) is 32.2 Å². The molecule has 33 heavy (non-hydrogen) atoms. The van der Waals surface area contributed by atoms with Crippen LogP contribution in [0.3, 0.4) is 0 Å². The number of aliphatic hydroxyl groups is 1. The van der Waals surface area contributed by atoms with Crippen LogP contribution in [0, 0.1) is 6.92 Å². The van der Waals surface area contributed by atoms with Gasteiger partial charge in [-0.05, 0) is 42.3 Å². The van der Waals surface area contributed by atoms with E-state index >= 15 is 0 Å². The van der Waals surface area contributed by atoms with Gasteiger partial charge in [-0.2, -0.15) is 0 Å². The number of carbonyl (C=O) groups is 1. The van der Waals surface area contributed by atoms with Crippen LogP contribution in [-0.2, 0) is 17.8 Å². The van der Waals surface area contributed by atoms with Crippen LogP contribution in [0.4, 0.5) is 0 Å². The zero-order valence-electron chi connectivity index (χ0n) is 18.4. The monoisotopic (exact) mass is 444 g/mol. The highest BCUT2D eigenvalue weighted by Crippen LogP contribution is 2.39. The highest BCUT2D eigenvalue weighted by molar-refractivity contribution is 5.92. The van der Waals surface area contributed by atoms with E-state index in [0.717, 1.165) is 16.8 Å². The molecule has 1 aliphatic rings. The Kier molecular flexibility index (Phi) is 5.48. The average molecular weight is 444 g/mol. The summed E-state index contributed by atoms with van der Waals surface area (Å²) in [5.74, 6) is 0.557. The number of aryl methyl sites for hydroxylation is 1. The van der Waals surface area contributed by atoms with E-state index in [9.17, 15) is 9.90 Å². The smallest absolute Gasteiger partial charge is 0.342 e. The van der Waals surface area contributed by atoms with Crippen molar-refractivity contribution >= 4 is 11.6 Å². The highest BCUT2D eigenvalue weighted by atomic mass is 16.6. The topological polar surface area (TPSA) is 82.3 Å². The minimum absolute atomic E-state index is 0.123. The van der Waals surface area contributed by atoms with Crippen molar-refractivity contribution < 1.29 is 24.1 Å². The second-order valence-electron chi connectivity index (χ2n) is 7.95. The Hall–Kier alpha value is -3.84. The lowest BCUT2D eigenvalue weighted by molar-refractivity contribution is -0.00309. The molecule has 1 aliphatic carbocycles. The number of hydrogen-bond acceptors (Lipinski definition) is 6. The standard InChI is InChI=1S/C26H24N2O5/c1-16-20(15-29)28-13-7-12-22(25(28)27-16)32-24-18-9-4-3-8-17(18)14-23(24)33-26(30)19-10-5-6-11-21(19)31-2/h3-13,23-24,29H,14-15H2,1-2H3. The van der Waals surface area contributed by atoms with Crippen molar-refractivity contribution in [3.63, 3.8) is 0 Å². The number of esters is 1. The molecule has 7 heteroatoms. The molecule has 2 aromatic carbocycles. The molecule has 0 amide bonds. The van der Waals surface area contributed by atoms with Gasteiger partial charge in [-0.3, -0.25) is 4.40 Å². The number of imidazole rings is 1. The third-order valence-corrected chi connectivity index (χ3v) is 6.02. The second-order valence-corrected chi connectivity index (χ2v) is 7.95. The van der Waals surface area contributed by atoms with Crippen LogP contribution in [0.1, 0.15) is 39.0 Å². The Bertz CT molecular complexity index is 1330. The number of fused-ring (bicyclic) bond motifs is 2. The Morgan fingerprint density at radius 2 is 1.85 bits per heavy atom. The quantitative estimate of drug-likeness (QED) is 0.452. The molecule has 0 bridgehead atoms. The lowest BCUT2D eigenvalue weighted by atomic mass is 10.1. The van der Waals surface area contributed by atoms with Crippen molar-refractivity contribution in [1.82, 2.24) is 9.38 Å². The van der Waals surface area contributed by atoms with Gasteiger partial charge in [0.2, 0.25) is 0 Å². The number of rotatable bonds is 6. The second kappa shape index (κ2) is 8.60. The SMILES string of the molecule is COc1ccccc1C(=O)OC1Cc2ccccc2C1Oc1cccn2c(CO)c(C)nc12. The van der Waals surface area contributed by atoms with Crippen LogP contribution in [0.15, 0.2) is 66.9 Å². The average Bonchev–Trinajstić information content (AvgIpc) is 3.35. The van der Waals surface area contributed by atoms with Crippen molar-refractivity contribution in [1.29, 1.82) is 0 Å². The third-order valence-electron chi connectivity index (χ3n) is 6.02. The molecule has 4 aromatic rings. The first-order valence-corrected chi connectivity index (χ1v) is 10.8. The number of benzene rings is 2. The highest BCUT2D eigenvalue weighted by Gasteiger charge is 2.38. The minimum atomic E-state index is -0.520. The minimum Gasteiger partial charge on any atom is -0.496 e. The lowest BCUT2D eigenvalue weighted by Crippen LogP contribution is -2.26. The van der Waals surface area contributed by atoms with E-state index in [-0.39, 0.29) is 6.61 Å². The van der Waals surface area contributed by atoms with Gasteiger partial charge in [-0.25, -0.2) is 9.78 Å². The van der Waals surface area contributed by atoms with Gasteiger partial charge in [-0.15, -0.1) is 0 Å². The Balaban J connectivity index is 1.49. The van der Waals surface area contributed by atoms with Crippen molar-refractivity contribution in [3.8, 4) is 11.5 Å². The van der Waals surface area contributed by atoms with Crippen LogP contribution >= 0.6 is 0 Å². The summed E-state index contributed by atoms with van der Waals surface area (Å²) in [7, 11) is 1.53. The van der Waals surface area contributed by atoms with E-state index in [0.29, 0.717) is 34.8 Å². The summed E-state index contributed by atoms with van der Waals surface area (Å²) in [6.07, 6.45) is 1.37. The molecule has 0 radical (unpaired) electrons. The Labute approximate surface area is 191 Å². The summed E-state index contributed by atoms with van der Waals surface area (Å²) < 4.78 is 19.6. The Morgan fingerprint density at radius 3 is 2.67 bits per heavy atom. The summed E-state index contributed by atoms with van der Waals surface area (Å²) in [5, 5.41) is 9.73. The first-order chi connectivity index (χ1) is 16.1. The molecular formula is C26H24N2O5. The van der Waals surface area contributed by atoms with Gasteiger partial charge >= 0.3 is 5.97 Å². The Morgan fingerprint density at radius 1 is 1.09 bits per heavy atom. The van der Waals surface area contributed by atoms with Gasteiger partial charge < -0.3 is 19.3 Å². The van der Waals surface area contributed by atoms with Crippen molar-refractivity contribution in [2.75, 3.05) is 7.11 Å². The van der Waals surface area contributed by atoms with Gasteiger partial charge in [0.05, 0.1) is 25.1 Å². The molecular weight excluding hydrogens is 420 g/mol. The number of pyridine rings is 1. The largest absolute Gasteiger partial charge is 0.496 e. The molecule has 2 heterocycles.